The number of nitrogens with one attached hydrogen (secondary N) is 6. The number of amides is 5. The van der Waals surface area contributed by atoms with Crippen molar-refractivity contribution < 1.29 is 49.9 Å². The number of fused-ring (bicyclic) bond motifs is 2. The third-order valence-electron chi connectivity index (χ3n) is 16.2. The van der Waals surface area contributed by atoms with Crippen LogP contribution in [0.3, 0.4) is 0 Å². The molecular formula is C61H81N12O10S3+. The van der Waals surface area contributed by atoms with Gasteiger partial charge in [0, 0.05) is 84.7 Å². The predicted octanol–water partition coefficient (Wildman–Crippen LogP) is 4.76. The molecule has 86 heavy (non-hydrogen) atoms. The minimum Gasteiger partial charge on any atom is -0.456 e. The maximum Gasteiger partial charge on any atom is 0.328 e. The van der Waals surface area contributed by atoms with Crippen molar-refractivity contribution in [1.29, 1.82) is 5.41 Å². The Bertz CT molecular complexity index is 3650. The van der Waals surface area contributed by atoms with Crippen molar-refractivity contribution in [1.82, 2.24) is 44.9 Å². The second-order valence-corrected chi connectivity index (χ2v) is 25.9. The van der Waals surface area contributed by atoms with Gasteiger partial charge in [0.25, 0.3) is 20.1 Å². The van der Waals surface area contributed by atoms with E-state index in [-0.39, 0.29) is 66.9 Å². The van der Waals surface area contributed by atoms with E-state index in [1.54, 1.807) is 17.0 Å². The second kappa shape index (κ2) is 28.8. The van der Waals surface area contributed by atoms with E-state index >= 15 is 0 Å². The van der Waals surface area contributed by atoms with Crippen LogP contribution in [0.5, 0.6) is 5.75 Å². The number of benzene rings is 3. The summed E-state index contributed by atoms with van der Waals surface area (Å²) in [5.74, 6) is -0.288. The van der Waals surface area contributed by atoms with Crippen LogP contribution in [0, 0.1) is 11.3 Å². The number of carbonyl (C=O) groups is 4. The van der Waals surface area contributed by atoms with Crippen LogP contribution in [0.1, 0.15) is 87.9 Å². The molecule has 3 aliphatic rings. The zero-order chi connectivity index (χ0) is 61.9. The number of sulfonamides is 1. The average Bonchev–Trinajstić information content (AvgIpc) is 1.17. The summed E-state index contributed by atoms with van der Waals surface area (Å²) in [7, 11) is -4.26. The first-order valence-corrected chi connectivity index (χ1v) is 33.1. The van der Waals surface area contributed by atoms with Gasteiger partial charge in [-0.05, 0) is 121 Å². The van der Waals surface area contributed by atoms with E-state index in [0.29, 0.717) is 47.0 Å². The van der Waals surface area contributed by atoms with Crippen molar-refractivity contribution in [2.45, 2.75) is 107 Å². The standard InChI is InChI=1S/C61H80N12O10S3/c1-8-72(9-2)43-20-23-48-53(32-43)83-54-33-44(73(10-3)11-4)21-24-49(54)57(48)50-25-22-47(35-55(50)86(80,81)82)85(78,79)67-61(77)63-28-16-15-19-51(65-56(74)34-46-39-84-60(62)70(46)7)59(76)66-52(58(75)64-36-41-26-29-68(5)30-27-41)31-45-38-71(40-69(45)6)37-42-17-13-12-14-18-42/h12-14,17-18,20-25,32-33,35,38-41,43,51-52,62H,8-11,15-16,19,26-31,34,36-37H2,1-7H3,(H5-,63,64,65,66,67,74,75,76,77,80,81,82)/p+1/t43?,51-,52-/m0/s1. The second-order valence-electron chi connectivity index (χ2n) is 22.0. The fourth-order valence-electron chi connectivity index (χ4n) is 11.1. The Hall–Kier alpha value is -7.42. The van der Waals surface area contributed by atoms with Crippen LogP contribution in [0.4, 0.5) is 10.5 Å². The van der Waals surface area contributed by atoms with Gasteiger partial charge < -0.3 is 40.4 Å². The van der Waals surface area contributed by atoms with Gasteiger partial charge in [0.2, 0.25) is 24.0 Å². The van der Waals surface area contributed by atoms with E-state index in [1.165, 1.54) is 6.07 Å². The number of likely N-dealkylation sites (tertiary alicyclic amines) is 1. The van der Waals surface area contributed by atoms with Crippen LogP contribution in [-0.4, -0.2) is 142 Å². The lowest BCUT2D eigenvalue weighted by Crippen LogP contribution is -2.55. The molecule has 2 aromatic heterocycles. The lowest BCUT2D eigenvalue weighted by molar-refractivity contribution is -0.688. The number of aromatic nitrogens is 3. The first-order valence-electron chi connectivity index (χ1n) is 29.3. The number of piperidine rings is 1. The topological polar surface area (TPSA) is 273 Å². The zero-order valence-electron chi connectivity index (χ0n) is 50.0. The van der Waals surface area contributed by atoms with E-state index in [2.05, 4.69) is 43.0 Å². The summed E-state index contributed by atoms with van der Waals surface area (Å²) < 4.78 is 79.3. The fourth-order valence-corrected chi connectivity index (χ4v) is 13.7. The Morgan fingerprint density at radius 3 is 2.24 bits per heavy atom. The van der Waals surface area contributed by atoms with Crippen molar-refractivity contribution in [2.75, 3.05) is 64.3 Å². The average molecular weight is 1240 g/mol. The molecule has 7 N–H and O–H groups in total. The highest BCUT2D eigenvalue weighted by Gasteiger charge is 2.34. The van der Waals surface area contributed by atoms with Gasteiger partial charge in [-0.15, -0.1) is 11.3 Å². The fraction of sp³-hybridized carbons (Fsp3) is 0.443. The largest absolute Gasteiger partial charge is 0.456 e. The van der Waals surface area contributed by atoms with Crippen LogP contribution >= 0.6 is 11.3 Å². The summed E-state index contributed by atoms with van der Waals surface area (Å²) in [6.45, 7) is 13.9. The van der Waals surface area contributed by atoms with Crippen LogP contribution in [0.15, 0.2) is 124 Å². The molecule has 22 nitrogen and oxygen atoms in total. The number of unbranched alkanes of at least 4 members (excludes halogenated alkanes) is 1. The van der Waals surface area contributed by atoms with Crippen LogP contribution in [0.2, 0.25) is 0 Å². The molecule has 25 heteroatoms. The van der Waals surface area contributed by atoms with Gasteiger partial charge in [0.15, 0.2) is 4.80 Å². The van der Waals surface area contributed by atoms with E-state index in [9.17, 15) is 40.6 Å². The Morgan fingerprint density at radius 1 is 0.849 bits per heavy atom. The first-order chi connectivity index (χ1) is 41.1. The highest BCUT2D eigenvalue weighted by molar-refractivity contribution is 7.90. The molecule has 0 spiro atoms. The summed E-state index contributed by atoms with van der Waals surface area (Å²) >= 11 is 1.16. The number of aryl methyl sites for hydroxylation is 1. The van der Waals surface area contributed by atoms with E-state index in [1.807, 2.05) is 128 Å². The number of allylic oxidation sites excluding steroid dienone is 1. The summed E-state index contributed by atoms with van der Waals surface area (Å²) in [6.07, 6.45) is 12.0. The maximum atomic E-state index is 14.5. The number of urea groups is 1. The van der Waals surface area contributed by atoms with E-state index in [4.69, 9.17) is 10.1 Å². The molecular weight excluding hydrogens is 1160 g/mol. The van der Waals surface area contributed by atoms with Crippen molar-refractivity contribution in [2.24, 2.45) is 20.0 Å². The minimum absolute atomic E-state index is 0.0126. The van der Waals surface area contributed by atoms with Gasteiger partial charge in [-0.25, -0.2) is 27.1 Å². The number of thiazole rings is 1. The molecule has 2 aliphatic heterocycles. The molecule has 462 valence electrons. The van der Waals surface area contributed by atoms with Gasteiger partial charge in [0.05, 0.1) is 24.4 Å². The number of carbonyl (C=O) groups excluding carboxylic acids is 4. The van der Waals surface area contributed by atoms with E-state index < -0.39 is 59.9 Å². The number of likely N-dealkylation sites (N-methyl/N-ethyl adjacent to an activating group) is 1. The monoisotopic (exact) mass is 1240 g/mol. The molecule has 5 aromatic rings. The summed E-state index contributed by atoms with van der Waals surface area (Å²) in [6, 6.07) is 15.3. The Morgan fingerprint density at radius 2 is 1.57 bits per heavy atom. The molecule has 4 heterocycles. The highest BCUT2D eigenvalue weighted by atomic mass is 32.2. The number of hydrogen-bond acceptors (Lipinski definition) is 14. The molecule has 0 bridgehead atoms. The Labute approximate surface area is 508 Å². The number of hydrogen-bond donors (Lipinski definition) is 7. The van der Waals surface area contributed by atoms with Gasteiger partial charge in [0.1, 0.15) is 46.9 Å². The van der Waals surface area contributed by atoms with Crippen molar-refractivity contribution in [3.63, 3.8) is 0 Å². The number of nitrogens with zero attached hydrogens (tertiary/aromatic N) is 6. The molecule has 0 radical (unpaired) electrons. The molecule has 1 unspecified atom stereocenters. The number of imidazole rings is 1. The van der Waals surface area contributed by atoms with Gasteiger partial charge >= 0.3 is 6.03 Å². The molecule has 0 saturated carbocycles. The first kappa shape index (κ1) is 64.6. The zero-order valence-corrected chi connectivity index (χ0v) is 52.4. The summed E-state index contributed by atoms with van der Waals surface area (Å²) in [4.78, 5) is 61.2. The highest BCUT2D eigenvalue weighted by Crippen LogP contribution is 2.46. The Kier molecular flexibility index (Phi) is 21.7. The minimum atomic E-state index is -5.11. The number of anilines is 1. The maximum absolute atomic E-state index is 14.5. The lowest BCUT2D eigenvalue weighted by Gasteiger charge is -2.33. The molecule has 3 atom stereocenters. The number of rotatable bonds is 27. The van der Waals surface area contributed by atoms with Crippen molar-refractivity contribution >= 4 is 66.5 Å². The molecule has 1 saturated heterocycles. The lowest BCUT2D eigenvalue weighted by atomic mass is 9.86. The quantitative estimate of drug-likeness (QED) is 0.0213. The third-order valence-corrected chi connectivity index (χ3v) is 19.3. The summed E-state index contributed by atoms with van der Waals surface area (Å²) in [5.41, 5.74) is 4.75. The van der Waals surface area contributed by atoms with Gasteiger partial charge in [-0.3, -0.25) is 29.2 Å². The van der Waals surface area contributed by atoms with Crippen molar-refractivity contribution in [3.8, 4) is 5.75 Å². The van der Waals surface area contributed by atoms with Crippen LogP contribution in [0.25, 0.3) is 5.57 Å². The van der Waals surface area contributed by atoms with Gasteiger partial charge in [-0.1, -0.05) is 62.4 Å². The van der Waals surface area contributed by atoms with Crippen LogP contribution < -0.4 is 45.0 Å². The van der Waals surface area contributed by atoms with Crippen LogP contribution in [-0.2, 0) is 68.0 Å². The SMILES string of the molecule is CCN(CC)c1ccc2c(c1)OC1=CC(N(CC)CC)C=CC1=C2c1ccc(S(=O)(=O)NC(=O)NCCCC[C@H](NC(=O)Cc2csc(=N)n2C)C(=O)N[C@@H](Cc2c[n+](Cc3ccccc3)cn2C)C(=O)NCC2CCN(C)CC2)cc1S(=O)(=O)O. The molecule has 5 amide bonds. The molecule has 8 rings (SSSR count). The molecule has 3 aromatic carbocycles. The molecule has 1 aliphatic carbocycles. The molecule has 1 fully saturated rings. The van der Waals surface area contributed by atoms with Crippen molar-refractivity contribution in [3.05, 3.63) is 147 Å². The normalized spacial score (nSPS) is 16.1. The van der Waals surface area contributed by atoms with Gasteiger partial charge in [-0.2, -0.15) is 8.42 Å². The van der Waals surface area contributed by atoms with E-state index in [0.717, 1.165) is 92.5 Å². The summed E-state index contributed by atoms with van der Waals surface area (Å²) in [5, 5.41) is 21.2. The predicted molar refractivity (Wildman–Crippen MR) is 329 cm³/mol. The third kappa shape index (κ3) is 16.2. The smallest absolute Gasteiger partial charge is 0.328 e. The Balaban J connectivity index is 0.967. The number of ether oxygens (including phenoxy) is 1.